The molecule has 2 bridgehead atoms. The molecule has 3 heteroatoms. The first-order valence-electron chi connectivity index (χ1n) is 6.76. The summed E-state index contributed by atoms with van der Waals surface area (Å²) in [6.07, 6.45) is 5.81. The molecule has 0 N–H and O–H groups in total. The summed E-state index contributed by atoms with van der Waals surface area (Å²) in [5.41, 5.74) is 1.51. The van der Waals surface area contributed by atoms with E-state index in [-0.39, 0.29) is 5.97 Å². The molecule has 0 aromatic carbocycles. The SMILES string of the molecule is CC(COC(=O)C1=CC2CCC1C2)[Si](C)(C)C. The van der Waals surface area contributed by atoms with E-state index in [1.54, 1.807) is 0 Å². The Morgan fingerprint density at radius 2 is 2.18 bits per heavy atom. The zero-order chi connectivity index (χ0) is 12.6. The lowest BCUT2D eigenvalue weighted by molar-refractivity contribution is -0.139. The van der Waals surface area contributed by atoms with Crippen LogP contribution in [0.1, 0.15) is 26.2 Å². The molecule has 0 aromatic rings. The van der Waals surface area contributed by atoms with Crippen LogP contribution in [0.5, 0.6) is 0 Å². The van der Waals surface area contributed by atoms with Gasteiger partial charge in [0.05, 0.1) is 14.7 Å². The van der Waals surface area contributed by atoms with E-state index < -0.39 is 8.07 Å². The number of allylic oxidation sites excluding steroid dienone is 1. The Morgan fingerprint density at radius 1 is 1.47 bits per heavy atom. The van der Waals surface area contributed by atoms with Crippen molar-refractivity contribution in [2.45, 2.75) is 51.4 Å². The third-order valence-corrected chi connectivity index (χ3v) is 7.63. The van der Waals surface area contributed by atoms with Crippen LogP contribution in [-0.2, 0) is 9.53 Å². The van der Waals surface area contributed by atoms with Crippen LogP contribution in [0.2, 0.25) is 25.2 Å². The summed E-state index contributed by atoms with van der Waals surface area (Å²) in [4.78, 5) is 12.0. The molecule has 2 rings (SSSR count). The molecule has 0 amide bonds. The average Bonchev–Trinajstić information content (AvgIpc) is 2.85. The van der Waals surface area contributed by atoms with Crippen molar-refractivity contribution >= 4 is 14.0 Å². The average molecular weight is 252 g/mol. The number of hydrogen-bond donors (Lipinski definition) is 0. The minimum absolute atomic E-state index is 0.0395. The molecule has 3 unspecified atom stereocenters. The minimum Gasteiger partial charge on any atom is -0.462 e. The molecule has 0 aliphatic heterocycles. The van der Waals surface area contributed by atoms with Crippen molar-refractivity contribution in [3.05, 3.63) is 11.6 Å². The number of carbonyl (C=O) groups excluding carboxylic acids is 1. The number of ether oxygens (including phenoxy) is 1. The predicted molar refractivity (Wildman–Crippen MR) is 72.6 cm³/mol. The Kier molecular flexibility index (Phi) is 3.48. The van der Waals surface area contributed by atoms with E-state index in [9.17, 15) is 4.79 Å². The van der Waals surface area contributed by atoms with Gasteiger partial charge in [0, 0.05) is 5.57 Å². The van der Waals surface area contributed by atoms with E-state index in [0.29, 0.717) is 24.0 Å². The summed E-state index contributed by atoms with van der Waals surface area (Å²) in [6.45, 7) is 9.77. The van der Waals surface area contributed by atoms with Gasteiger partial charge in [-0.1, -0.05) is 32.6 Å². The second kappa shape index (κ2) is 4.60. The third kappa shape index (κ3) is 2.82. The van der Waals surface area contributed by atoms with Crippen molar-refractivity contribution in [3.63, 3.8) is 0 Å². The van der Waals surface area contributed by atoms with Gasteiger partial charge in [0.1, 0.15) is 0 Å². The van der Waals surface area contributed by atoms with Crippen molar-refractivity contribution in [2.75, 3.05) is 6.61 Å². The predicted octanol–water partition coefficient (Wildman–Crippen LogP) is 3.61. The van der Waals surface area contributed by atoms with Gasteiger partial charge >= 0.3 is 5.97 Å². The quantitative estimate of drug-likeness (QED) is 0.564. The fourth-order valence-electron chi connectivity index (χ4n) is 2.61. The number of carbonyl (C=O) groups is 1. The van der Waals surface area contributed by atoms with Crippen molar-refractivity contribution in [1.82, 2.24) is 0 Å². The van der Waals surface area contributed by atoms with Crippen LogP contribution in [0.25, 0.3) is 0 Å². The molecular weight excluding hydrogens is 228 g/mol. The van der Waals surface area contributed by atoms with Crippen molar-refractivity contribution in [1.29, 1.82) is 0 Å². The lowest BCUT2D eigenvalue weighted by Crippen LogP contribution is -2.30. The fourth-order valence-corrected chi connectivity index (χ4v) is 3.19. The van der Waals surface area contributed by atoms with E-state index in [1.807, 2.05) is 0 Å². The molecule has 17 heavy (non-hydrogen) atoms. The van der Waals surface area contributed by atoms with Crippen LogP contribution in [0.15, 0.2) is 11.6 Å². The maximum Gasteiger partial charge on any atom is 0.333 e. The van der Waals surface area contributed by atoms with Gasteiger partial charge in [-0.15, -0.1) is 0 Å². The summed E-state index contributed by atoms with van der Waals surface area (Å²) >= 11 is 0. The number of rotatable bonds is 4. The summed E-state index contributed by atoms with van der Waals surface area (Å²) < 4.78 is 5.49. The van der Waals surface area contributed by atoms with Crippen LogP contribution in [0.3, 0.4) is 0 Å². The van der Waals surface area contributed by atoms with Crippen LogP contribution in [0.4, 0.5) is 0 Å². The highest BCUT2D eigenvalue weighted by atomic mass is 28.3. The first-order chi connectivity index (χ1) is 7.88. The Morgan fingerprint density at radius 3 is 2.65 bits per heavy atom. The molecule has 96 valence electrons. The van der Waals surface area contributed by atoms with Gasteiger partial charge in [-0.3, -0.25) is 0 Å². The molecule has 0 radical (unpaired) electrons. The summed E-state index contributed by atoms with van der Waals surface area (Å²) in [6, 6.07) is 0. The maximum atomic E-state index is 12.0. The summed E-state index contributed by atoms with van der Waals surface area (Å²) in [5, 5.41) is 0. The molecule has 2 aliphatic carbocycles. The smallest absolute Gasteiger partial charge is 0.333 e. The Labute approximate surface area is 105 Å². The van der Waals surface area contributed by atoms with Crippen LogP contribution >= 0.6 is 0 Å². The van der Waals surface area contributed by atoms with Gasteiger partial charge < -0.3 is 4.74 Å². The lowest BCUT2D eigenvalue weighted by Gasteiger charge is -2.25. The molecule has 2 nitrogen and oxygen atoms in total. The normalized spacial score (nSPS) is 29.1. The topological polar surface area (TPSA) is 26.3 Å². The van der Waals surface area contributed by atoms with E-state index in [1.165, 1.54) is 19.3 Å². The zero-order valence-electron chi connectivity index (χ0n) is 11.5. The minimum atomic E-state index is -1.18. The maximum absolute atomic E-state index is 12.0. The first-order valence-corrected chi connectivity index (χ1v) is 10.3. The van der Waals surface area contributed by atoms with Gasteiger partial charge in [0.25, 0.3) is 0 Å². The fraction of sp³-hybridized carbons (Fsp3) is 0.786. The Hall–Kier alpha value is -0.573. The Bertz CT molecular complexity index is 341. The second-order valence-electron chi connectivity index (χ2n) is 6.76. The zero-order valence-corrected chi connectivity index (χ0v) is 12.5. The lowest BCUT2D eigenvalue weighted by atomic mass is 9.99. The van der Waals surface area contributed by atoms with Gasteiger partial charge in [-0.2, -0.15) is 0 Å². The molecule has 0 aromatic heterocycles. The molecule has 0 saturated heterocycles. The largest absolute Gasteiger partial charge is 0.462 e. The highest BCUT2D eigenvalue weighted by Crippen LogP contribution is 2.44. The molecule has 0 heterocycles. The van der Waals surface area contributed by atoms with Crippen LogP contribution < -0.4 is 0 Å². The molecule has 1 fully saturated rings. The second-order valence-corrected chi connectivity index (χ2v) is 12.5. The van der Waals surface area contributed by atoms with Crippen LogP contribution in [-0.4, -0.2) is 20.7 Å². The van der Waals surface area contributed by atoms with Gasteiger partial charge in [-0.25, -0.2) is 4.79 Å². The monoisotopic (exact) mass is 252 g/mol. The van der Waals surface area contributed by atoms with E-state index >= 15 is 0 Å². The van der Waals surface area contributed by atoms with Gasteiger partial charge in [-0.05, 0) is 36.6 Å². The van der Waals surface area contributed by atoms with E-state index in [4.69, 9.17) is 4.74 Å². The molecule has 0 spiro atoms. The molecular formula is C14H24O2Si. The third-order valence-electron chi connectivity index (χ3n) is 4.51. The first kappa shape index (κ1) is 12.9. The van der Waals surface area contributed by atoms with Gasteiger partial charge in [0.2, 0.25) is 0 Å². The molecule has 3 atom stereocenters. The van der Waals surface area contributed by atoms with Crippen molar-refractivity contribution < 1.29 is 9.53 Å². The van der Waals surface area contributed by atoms with Crippen LogP contribution in [0, 0.1) is 11.8 Å². The van der Waals surface area contributed by atoms with Crippen molar-refractivity contribution in [3.8, 4) is 0 Å². The van der Waals surface area contributed by atoms with E-state index in [2.05, 4.69) is 32.6 Å². The number of hydrogen-bond acceptors (Lipinski definition) is 2. The molecule has 1 saturated carbocycles. The summed E-state index contributed by atoms with van der Waals surface area (Å²) in [5.74, 6) is 1.13. The molecule has 2 aliphatic rings. The Balaban J connectivity index is 1.85. The van der Waals surface area contributed by atoms with Gasteiger partial charge in [0.15, 0.2) is 0 Å². The standard InChI is InChI=1S/C14H24O2Si/c1-10(17(2,3)4)9-16-14(15)13-8-11-5-6-12(13)7-11/h8,10-12H,5-7,9H2,1-4H3. The summed E-state index contributed by atoms with van der Waals surface area (Å²) in [7, 11) is -1.18. The van der Waals surface area contributed by atoms with Crippen molar-refractivity contribution in [2.24, 2.45) is 11.8 Å². The highest BCUT2D eigenvalue weighted by molar-refractivity contribution is 6.77. The van der Waals surface area contributed by atoms with E-state index in [0.717, 1.165) is 5.57 Å². The number of esters is 1. The highest BCUT2D eigenvalue weighted by Gasteiger charge is 2.37. The number of fused-ring (bicyclic) bond motifs is 2.